The van der Waals surface area contributed by atoms with Crippen LogP contribution in [0.4, 0.5) is 4.39 Å². The van der Waals surface area contributed by atoms with Crippen LogP contribution in [0.1, 0.15) is 50.4 Å². The minimum atomic E-state index is -0.515. The maximum Gasteiger partial charge on any atom is 0.257 e. The molecule has 0 aromatic heterocycles. The number of nitrogens with zero attached hydrogens (tertiary/aromatic N) is 1. The van der Waals surface area contributed by atoms with Gasteiger partial charge in [-0.05, 0) is 38.5 Å². The Morgan fingerprint density at radius 1 is 1.37 bits per heavy atom. The van der Waals surface area contributed by atoms with E-state index in [0.717, 1.165) is 31.4 Å². The van der Waals surface area contributed by atoms with Crippen LogP contribution >= 0.6 is 0 Å². The molecule has 0 heterocycles. The van der Waals surface area contributed by atoms with Gasteiger partial charge in [0.15, 0.2) is 0 Å². The second kappa shape index (κ2) is 7.12. The number of aromatic hydroxyl groups is 1. The molecule has 0 saturated heterocycles. The minimum Gasteiger partial charge on any atom is -0.507 e. The molecule has 0 bridgehead atoms. The van der Waals surface area contributed by atoms with Crippen molar-refractivity contribution in [2.45, 2.75) is 46.1 Å². The molecule has 0 fully saturated rings. The lowest BCUT2D eigenvalue weighted by Crippen LogP contribution is -2.37. The van der Waals surface area contributed by atoms with E-state index < -0.39 is 5.82 Å². The van der Waals surface area contributed by atoms with Crippen LogP contribution in [-0.4, -0.2) is 28.5 Å². The summed E-state index contributed by atoms with van der Waals surface area (Å²) >= 11 is 0. The van der Waals surface area contributed by atoms with Crippen LogP contribution in [0.5, 0.6) is 5.75 Å². The molecule has 4 heteroatoms. The Labute approximate surface area is 114 Å². The van der Waals surface area contributed by atoms with Crippen molar-refractivity contribution in [3.8, 4) is 5.75 Å². The van der Waals surface area contributed by atoms with Gasteiger partial charge in [-0.1, -0.05) is 19.8 Å². The summed E-state index contributed by atoms with van der Waals surface area (Å²) in [7, 11) is 0. The van der Waals surface area contributed by atoms with Crippen LogP contribution in [0.15, 0.2) is 18.2 Å². The highest BCUT2D eigenvalue weighted by atomic mass is 19.1. The van der Waals surface area contributed by atoms with Crippen molar-refractivity contribution in [3.05, 3.63) is 29.6 Å². The van der Waals surface area contributed by atoms with Crippen LogP contribution in [0.25, 0.3) is 0 Å². The number of unbranched alkanes of at least 4 members (excludes halogenated alkanes) is 2. The largest absolute Gasteiger partial charge is 0.507 e. The molecular formula is C15H22FNO2. The van der Waals surface area contributed by atoms with E-state index >= 15 is 0 Å². The van der Waals surface area contributed by atoms with Crippen molar-refractivity contribution in [2.75, 3.05) is 6.54 Å². The highest BCUT2D eigenvalue weighted by Gasteiger charge is 2.21. The zero-order valence-electron chi connectivity index (χ0n) is 11.8. The topological polar surface area (TPSA) is 40.5 Å². The molecule has 106 valence electrons. The molecule has 0 atom stereocenters. The molecule has 0 aliphatic carbocycles. The number of amides is 1. The Hall–Kier alpha value is -1.58. The van der Waals surface area contributed by atoms with Crippen LogP contribution in [0.3, 0.4) is 0 Å². The summed E-state index contributed by atoms with van der Waals surface area (Å²) in [6, 6.07) is 3.47. The fraction of sp³-hybridized carbons (Fsp3) is 0.533. The van der Waals surface area contributed by atoms with E-state index in [1.54, 1.807) is 4.90 Å². The Bertz CT molecular complexity index is 432. The molecule has 1 N–H and O–H groups in total. The Morgan fingerprint density at radius 3 is 2.63 bits per heavy atom. The van der Waals surface area contributed by atoms with Crippen molar-refractivity contribution in [1.29, 1.82) is 0 Å². The third-order valence-corrected chi connectivity index (χ3v) is 3.08. The van der Waals surface area contributed by atoms with Crippen molar-refractivity contribution in [2.24, 2.45) is 0 Å². The average Bonchev–Trinajstić information content (AvgIpc) is 2.36. The molecule has 1 rings (SSSR count). The fourth-order valence-electron chi connectivity index (χ4n) is 1.96. The van der Waals surface area contributed by atoms with Crippen LogP contribution in [0, 0.1) is 5.82 Å². The van der Waals surface area contributed by atoms with E-state index in [2.05, 4.69) is 6.92 Å². The maximum atomic E-state index is 13.2. The molecule has 1 aromatic rings. The van der Waals surface area contributed by atoms with E-state index in [4.69, 9.17) is 0 Å². The molecule has 1 aromatic carbocycles. The first-order valence-electron chi connectivity index (χ1n) is 6.76. The van der Waals surface area contributed by atoms with Crippen molar-refractivity contribution < 1.29 is 14.3 Å². The molecule has 0 spiro atoms. The molecule has 19 heavy (non-hydrogen) atoms. The molecule has 0 aliphatic rings. The number of hydrogen-bond acceptors (Lipinski definition) is 2. The lowest BCUT2D eigenvalue weighted by atomic mass is 10.1. The zero-order chi connectivity index (χ0) is 14.4. The minimum absolute atomic E-state index is 0.0204. The first kappa shape index (κ1) is 15.5. The molecule has 3 nitrogen and oxygen atoms in total. The third-order valence-electron chi connectivity index (χ3n) is 3.08. The van der Waals surface area contributed by atoms with Gasteiger partial charge in [0.25, 0.3) is 5.91 Å². The summed E-state index contributed by atoms with van der Waals surface area (Å²) in [6.07, 6.45) is 3.04. The van der Waals surface area contributed by atoms with Crippen molar-refractivity contribution in [1.82, 2.24) is 4.90 Å². The Balaban J connectivity index is 2.89. The Morgan fingerprint density at radius 2 is 2.05 bits per heavy atom. The molecule has 0 radical (unpaired) electrons. The predicted molar refractivity (Wildman–Crippen MR) is 73.8 cm³/mol. The lowest BCUT2D eigenvalue weighted by molar-refractivity contribution is 0.0698. The van der Waals surface area contributed by atoms with Crippen LogP contribution < -0.4 is 0 Å². The summed E-state index contributed by atoms with van der Waals surface area (Å²) in [4.78, 5) is 14.0. The van der Waals surface area contributed by atoms with Gasteiger partial charge >= 0.3 is 0 Å². The average molecular weight is 267 g/mol. The smallest absolute Gasteiger partial charge is 0.257 e. The number of hydrogen-bond donors (Lipinski definition) is 1. The van der Waals surface area contributed by atoms with E-state index in [-0.39, 0.29) is 23.3 Å². The highest BCUT2D eigenvalue weighted by Crippen LogP contribution is 2.21. The summed E-state index contributed by atoms with van der Waals surface area (Å²) in [6.45, 7) is 6.56. The number of phenols is 1. The van der Waals surface area contributed by atoms with Gasteiger partial charge in [0.05, 0.1) is 5.56 Å². The standard InChI is InChI=1S/C15H22FNO2/c1-4-5-6-9-17(11(2)3)15(19)13-10-12(16)7-8-14(13)18/h7-8,10-11,18H,4-6,9H2,1-3H3. The second-order valence-corrected chi connectivity index (χ2v) is 4.96. The Kier molecular flexibility index (Phi) is 5.80. The summed E-state index contributed by atoms with van der Waals surface area (Å²) in [5, 5.41) is 9.69. The normalized spacial score (nSPS) is 10.8. The van der Waals surface area contributed by atoms with Gasteiger partial charge < -0.3 is 10.0 Å². The lowest BCUT2D eigenvalue weighted by Gasteiger charge is -2.27. The van der Waals surface area contributed by atoms with Gasteiger partial charge in [0.2, 0.25) is 0 Å². The molecule has 1 amide bonds. The number of carbonyl (C=O) groups excluding carboxylic acids is 1. The first-order valence-corrected chi connectivity index (χ1v) is 6.76. The highest BCUT2D eigenvalue weighted by molar-refractivity contribution is 5.97. The molecule has 0 saturated carbocycles. The molecule has 0 aliphatic heterocycles. The van der Waals surface area contributed by atoms with Gasteiger partial charge in [-0.3, -0.25) is 4.79 Å². The van der Waals surface area contributed by atoms with Crippen LogP contribution in [-0.2, 0) is 0 Å². The summed E-state index contributed by atoms with van der Waals surface area (Å²) in [5.41, 5.74) is 0.0326. The van der Waals surface area contributed by atoms with Gasteiger partial charge in [-0.15, -0.1) is 0 Å². The quantitative estimate of drug-likeness (QED) is 0.800. The number of phenolic OH excluding ortho intramolecular Hbond substituents is 1. The van der Waals surface area contributed by atoms with Gasteiger partial charge in [-0.25, -0.2) is 4.39 Å². The van der Waals surface area contributed by atoms with E-state index in [1.165, 1.54) is 6.07 Å². The van der Waals surface area contributed by atoms with E-state index in [9.17, 15) is 14.3 Å². The van der Waals surface area contributed by atoms with E-state index in [1.807, 2.05) is 13.8 Å². The number of benzene rings is 1. The SMILES string of the molecule is CCCCCN(C(=O)c1cc(F)ccc1O)C(C)C. The maximum absolute atomic E-state index is 13.2. The van der Waals surface area contributed by atoms with Crippen molar-refractivity contribution >= 4 is 5.91 Å². The number of halogens is 1. The fourth-order valence-corrected chi connectivity index (χ4v) is 1.96. The monoisotopic (exact) mass is 267 g/mol. The molecule has 0 unspecified atom stereocenters. The third kappa shape index (κ3) is 4.23. The number of carbonyl (C=O) groups is 1. The van der Waals surface area contributed by atoms with Gasteiger partial charge in [0.1, 0.15) is 11.6 Å². The number of rotatable bonds is 6. The van der Waals surface area contributed by atoms with Gasteiger partial charge in [0, 0.05) is 12.6 Å². The summed E-state index contributed by atoms with van der Waals surface area (Å²) in [5.74, 6) is -1.01. The van der Waals surface area contributed by atoms with Crippen LogP contribution in [0.2, 0.25) is 0 Å². The van der Waals surface area contributed by atoms with Gasteiger partial charge in [-0.2, -0.15) is 0 Å². The molecular weight excluding hydrogens is 245 g/mol. The second-order valence-electron chi connectivity index (χ2n) is 4.96. The van der Waals surface area contributed by atoms with E-state index in [0.29, 0.717) is 6.54 Å². The zero-order valence-corrected chi connectivity index (χ0v) is 11.8. The summed E-state index contributed by atoms with van der Waals surface area (Å²) < 4.78 is 13.2. The predicted octanol–water partition coefficient (Wildman–Crippen LogP) is 3.57. The first-order chi connectivity index (χ1) is 8.97. The van der Waals surface area contributed by atoms with Crippen molar-refractivity contribution in [3.63, 3.8) is 0 Å².